The number of nitrogens with one attached hydrogen (secondary N) is 1. The lowest BCUT2D eigenvalue weighted by atomic mass is 9.65. The first-order valence-electron chi connectivity index (χ1n) is 7.48. The van der Waals surface area contributed by atoms with E-state index < -0.39 is 0 Å². The second-order valence-corrected chi connectivity index (χ2v) is 7.23. The minimum absolute atomic E-state index is 0.0275. The Morgan fingerprint density at radius 3 is 2.63 bits per heavy atom. The van der Waals surface area contributed by atoms with Gasteiger partial charge in [0.05, 0.1) is 0 Å². The zero-order valence-electron chi connectivity index (χ0n) is 12.0. The topological polar surface area (TPSA) is 12.0 Å². The molecule has 0 radical (unpaired) electrons. The van der Waals surface area contributed by atoms with Gasteiger partial charge in [-0.1, -0.05) is 32.0 Å². The van der Waals surface area contributed by atoms with E-state index >= 15 is 0 Å². The molecular weight excluding hydrogens is 237 g/mol. The molecule has 1 aliphatic heterocycles. The smallest absolute Gasteiger partial charge is 0.126 e. The number of piperidine rings is 1. The standard InChI is InChI=1S/C17H24FN/c1-16(2)7-8-17(12-16)9-10-19-11-14(17)13-5-3-4-6-15(13)18/h3-6,14,19H,7-12H2,1-2H3. The minimum Gasteiger partial charge on any atom is -0.316 e. The van der Waals surface area contributed by atoms with E-state index in [9.17, 15) is 4.39 Å². The van der Waals surface area contributed by atoms with E-state index in [-0.39, 0.29) is 5.82 Å². The van der Waals surface area contributed by atoms with Crippen LogP contribution in [0.2, 0.25) is 0 Å². The van der Waals surface area contributed by atoms with Crippen molar-refractivity contribution in [3.05, 3.63) is 35.6 Å². The molecule has 2 aliphatic rings. The molecule has 1 saturated carbocycles. The van der Waals surface area contributed by atoms with Crippen molar-refractivity contribution in [1.82, 2.24) is 5.32 Å². The Bertz CT molecular complexity index is 468. The summed E-state index contributed by atoms with van der Waals surface area (Å²) < 4.78 is 14.2. The van der Waals surface area contributed by atoms with Crippen molar-refractivity contribution in [1.29, 1.82) is 0 Å². The summed E-state index contributed by atoms with van der Waals surface area (Å²) in [7, 11) is 0. The maximum atomic E-state index is 14.2. The van der Waals surface area contributed by atoms with Gasteiger partial charge in [0.2, 0.25) is 0 Å². The summed E-state index contributed by atoms with van der Waals surface area (Å²) in [6.07, 6.45) is 4.95. The molecule has 1 N–H and O–H groups in total. The van der Waals surface area contributed by atoms with Crippen LogP contribution >= 0.6 is 0 Å². The molecule has 2 heteroatoms. The predicted molar refractivity (Wildman–Crippen MR) is 76.7 cm³/mol. The van der Waals surface area contributed by atoms with Crippen LogP contribution in [0, 0.1) is 16.6 Å². The SMILES string of the molecule is CC1(C)CCC2(CCNCC2c2ccccc2F)C1. The van der Waals surface area contributed by atoms with E-state index in [1.165, 1.54) is 25.7 Å². The van der Waals surface area contributed by atoms with Crippen LogP contribution in [0.4, 0.5) is 4.39 Å². The summed E-state index contributed by atoms with van der Waals surface area (Å²) in [4.78, 5) is 0. The van der Waals surface area contributed by atoms with Gasteiger partial charge in [0.25, 0.3) is 0 Å². The highest BCUT2D eigenvalue weighted by Crippen LogP contribution is 2.58. The quantitative estimate of drug-likeness (QED) is 0.802. The summed E-state index contributed by atoms with van der Waals surface area (Å²) in [6.45, 7) is 6.74. The molecule has 0 bridgehead atoms. The van der Waals surface area contributed by atoms with Crippen LogP contribution in [0.25, 0.3) is 0 Å². The summed E-state index contributed by atoms with van der Waals surface area (Å²) in [5.41, 5.74) is 1.66. The van der Waals surface area contributed by atoms with Crippen molar-refractivity contribution in [3.8, 4) is 0 Å². The van der Waals surface area contributed by atoms with Crippen LogP contribution in [-0.2, 0) is 0 Å². The molecule has 1 heterocycles. The van der Waals surface area contributed by atoms with Gasteiger partial charge in [-0.05, 0) is 54.7 Å². The fourth-order valence-electron chi connectivity index (χ4n) is 4.40. The average molecular weight is 261 g/mol. The van der Waals surface area contributed by atoms with Crippen molar-refractivity contribution in [2.24, 2.45) is 10.8 Å². The van der Waals surface area contributed by atoms with E-state index in [1.807, 2.05) is 12.1 Å². The van der Waals surface area contributed by atoms with Crippen molar-refractivity contribution < 1.29 is 4.39 Å². The number of hydrogen-bond donors (Lipinski definition) is 1. The van der Waals surface area contributed by atoms with E-state index in [0.29, 0.717) is 16.7 Å². The molecule has 104 valence electrons. The molecule has 1 aromatic rings. The lowest BCUT2D eigenvalue weighted by Crippen LogP contribution is -2.43. The third kappa shape index (κ3) is 2.31. The van der Waals surface area contributed by atoms with Gasteiger partial charge in [-0.15, -0.1) is 0 Å². The highest BCUT2D eigenvalue weighted by Gasteiger charge is 2.49. The Morgan fingerprint density at radius 2 is 1.95 bits per heavy atom. The van der Waals surface area contributed by atoms with Gasteiger partial charge in [0, 0.05) is 12.5 Å². The lowest BCUT2D eigenvalue weighted by molar-refractivity contribution is 0.148. The Balaban J connectivity index is 1.97. The Morgan fingerprint density at radius 1 is 1.16 bits per heavy atom. The fraction of sp³-hybridized carbons (Fsp3) is 0.647. The summed E-state index contributed by atoms with van der Waals surface area (Å²) >= 11 is 0. The third-order valence-corrected chi connectivity index (χ3v) is 5.30. The second kappa shape index (κ2) is 4.59. The van der Waals surface area contributed by atoms with Crippen molar-refractivity contribution in [2.45, 2.75) is 45.4 Å². The highest BCUT2D eigenvalue weighted by atomic mass is 19.1. The first-order valence-corrected chi connectivity index (χ1v) is 7.48. The predicted octanol–water partition coefficient (Wildman–Crippen LogP) is 4.10. The number of hydrogen-bond acceptors (Lipinski definition) is 1. The first kappa shape index (κ1) is 13.1. The second-order valence-electron chi connectivity index (χ2n) is 7.23. The maximum Gasteiger partial charge on any atom is 0.126 e. The zero-order chi connectivity index (χ0) is 13.5. The Labute approximate surface area is 115 Å². The minimum atomic E-state index is -0.0275. The van der Waals surface area contributed by atoms with Crippen molar-refractivity contribution >= 4 is 0 Å². The van der Waals surface area contributed by atoms with Gasteiger partial charge < -0.3 is 5.32 Å². The zero-order valence-corrected chi connectivity index (χ0v) is 12.0. The summed E-state index contributed by atoms with van der Waals surface area (Å²) in [6, 6.07) is 7.36. The molecule has 2 atom stereocenters. The molecular formula is C17H24FN. The van der Waals surface area contributed by atoms with Crippen LogP contribution in [0.5, 0.6) is 0 Å². The number of halogens is 1. The Hall–Kier alpha value is -0.890. The summed E-state index contributed by atoms with van der Waals surface area (Å²) in [5.74, 6) is 0.310. The van der Waals surface area contributed by atoms with Crippen molar-refractivity contribution in [2.75, 3.05) is 13.1 Å². The Kier molecular flexibility index (Phi) is 3.17. The summed E-state index contributed by atoms with van der Waals surface area (Å²) in [5, 5.41) is 3.47. The molecule has 19 heavy (non-hydrogen) atoms. The van der Waals surface area contributed by atoms with E-state index in [0.717, 1.165) is 18.7 Å². The lowest BCUT2D eigenvalue weighted by Gasteiger charge is -2.43. The maximum absolute atomic E-state index is 14.2. The van der Waals surface area contributed by atoms with Gasteiger partial charge in [-0.3, -0.25) is 0 Å². The molecule has 1 nitrogen and oxygen atoms in total. The molecule has 1 aliphatic carbocycles. The molecule has 1 spiro atoms. The largest absolute Gasteiger partial charge is 0.316 e. The van der Waals surface area contributed by atoms with E-state index in [1.54, 1.807) is 12.1 Å². The number of rotatable bonds is 1. The highest BCUT2D eigenvalue weighted by molar-refractivity contribution is 5.26. The molecule has 2 unspecified atom stereocenters. The van der Waals surface area contributed by atoms with Crippen LogP contribution in [0.1, 0.15) is 51.0 Å². The first-order chi connectivity index (χ1) is 9.03. The molecule has 1 saturated heterocycles. The molecule has 3 rings (SSSR count). The van der Waals surface area contributed by atoms with Crippen LogP contribution in [0.15, 0.2) is 24.3 Å². The number of benzene rings is 1. The molecule has 0 aromatic heterocycles. The van der Waals surface area contributed by atoms with Gasteiger partial charge >= 0.3 is 0 Å². The van der Waals surface area contributed by atoms with Gasteiger partial charge in [-0.2, -0.15) is 0 Å². The van der Waals surface area contributed by atoms with Gasteiger partial charge in [-0.25, -0.2) is 4.39 Å². The van der Waals surface area contributed by atoms with Crippen molar-refractivity contribution in [3.63, 3.8) is 0 Å². The average Bonchev–Trinajstić information content (AvgIpc) is 2.67. The van der Waals surface area contributed by atoms with E-state index in [2.05, 4.69) is 19.2 Å². The molecule has 0 amide bonds. The third-order valence-electron chi connectivity index (χ3n) is 5.30. The van der Waals surface area contributed by atoms with Crippen LogP contribution in [-0.4, -0.2) is 13.1 Å². The van der Waals surface area contributed by atoms with Crippen LogP contribution in [0.3, 0.4) is 0 Å². The van der Waals surface area contributed by atoms with Gasteiger partial charge in [0.1, 0.15) is 5.82 Å². The monoisotopic (exact) mass is 261 g/mol. The molecule has 1 aromatic carbocycles. The normalized spacial score (nSPS) is 33.7. The van der Waals surface area contributed by atoms with Gasteiger partial charge in [0.15, 0.2) is 0 Å². The van der Waals surface area contributed by atoms with E-state index in [4.69, 9.17) is 0 Å². The molecule has 2 fully saturated rings. The van der Waals surface area contributed by atoms with Crippen LogP contribution < -0.4 is 5.32 Å². The fourth-order valence-corrected chi connectivity index (χ4v) is 4.40.